The van der Waals surface area contributed by atoms with Crippen molar-refractivity contribution >= 4 is 11.7 Å². The third kappa shape index (κ3) is 7.09. The highest BCUT2D eigenvalue weighted by Crippen LogP contribution is 2.28. The fraction of sp³-hybridized carbons (Fsp3) is 0.286. The van der Waals surface area contributed by atoms with Gasteiger partial charge in [-0.15, -0.1) is 0 Å². The Morgan fingerprint density at radius 1 is 0.850 bits per heavy atom. The topological polar surface area (TPSA) is 49.8 Å². The lowest BCUT2D eigenvalue weighted by molar-refractivity contribution is 0.0691. The molecule has 0 saturated carbocycles. The number of hydrogen-bond acceptors (Lipinski definition) is 3. The number of aromatic carboxylic acids is 1. The molecule has 0 amide bonds. The summed E-state index contributed by atoms with van der Waals surface area (Å²) in [5.74, 6) is -1.07. The van der Waals surface area contributed by atoms with E-state index in [0.717, 1.165) is 42.1 Å². The third-order valence-corrected chi connectivity index (χ3v) is 7.44. The second-order valence-corrected chi connectivity index (χ2v) is 10.5. The Hall–Kier alpha value is -4.12. The Morgan fingerprint density at radius 2 is 1.55 bits per heavy atom. The van der Waals surface area contributed by atoms with Crippen LogP contribution in [0.15, 0.2) is 91.0 Å². The number of nitrogens with zero attached hydrogens (tertiary/aromatic N) is 1. The Labute approximate surface area is 237 Å². The van der Waals surface area contributed by atoms with Crippen LogP contribution in [-0.4, -0.2) is 17.1 Å². The predicted molar refractivity (Wildman–Crippen MR) is 161 cm³/mol. The molecule has 0 atom stereocenters. The number of halogens is 1. The smallest absolute Gasteiger partial charge is 0.339 e. The van der Waals surface area contributed by atoms with Gasteiger partial charge in [0.25, 0.3) is 0 Å². The summed E-state index contributed by atoms with van der Waals surface area (Å²) in [5.41, 5.74) is 6.79. The molecule has 0 aromatic heterocycles. The number of carboxylic acids is 1. The van der Waals surface area contributed by atoms with Gasteiger partial charge < -0.3 is 14.7 Å². The average molecular weight is 540 g/mol. The van der Waals surface area contributed by atoms with Crippen LogP contribution < -0.4 is 9.64 Å². The molecule has 0 unspecified atom stereocenters. The molecule has 4 aromatic rings. The minimum Gasteiger partial charge on any atom is -0.488 e. The van der Waals surface area contributed by atoms with Crippen LogP contribution in [0.5, 0.6) is 5.75 Å². The molecule has 4 aromatic carbocycles. The van der Waals surface area contributed by atoms with E-state index in [-0.39, 0.29) is 17.9 Å². The molecule has 0 heterocycles. The molecule has 0 aliphatic rings. The van der Waals surface area contributed by atoms with Crippen molar-refractivity contribution in [1.82, 2.24) is 0 Å². The number of ether oxygens (including phenoxy) is 1. The molecule has 0 aliphatic carbocycles. The molecule has 0 fully saturated rings. The molecule has 5 heteroatoms. The van der Waals surface area contributed by atoms with Gasteiger partial charge in [0.15, 0.2) is 0 Å². The van der Waals surface area contributed by atoms with Gasteiger partial charge in [-0.3, -0.25) is 0 Å². The summed E-state index contributed by atoms with van der Waals surface area (Å²) < 4.78 is 19.1. The molecule has 0 saturated heterocycles. The SMILES string of the molecule is CCC(CC)c1ccc(N(Cc2cccc(-c3ccc(COc4ccc(F)cc4C(=O)O)cc3)c2)C(C)C)cc1. The van der Waals surface area contributed by atoms with E-state index in [2.05, 4.69) is 81.1 Å². The van der Waals surface area contributed by atoms with E-state index in [9.17, 15) is 14.3 Å². The van der Waals surface area contributed by atoms with Gasteiger partial charge in [0.1, 0.15) is 23.7 Å². The highest BCUT2D eigenvalue weighted by Gasteiger charge is 2.15. The molecule has 0 radical (unpaired) electrons. The van der Waals surface area contributed by atoms with Gasteiger partial charge in [0.2, 0.25) is 0 Å². The van der Waals surface area contributed by atoms with E-state index in [1.54, 1.807) is 0 Å². The van der Waals surface area contributed by atoms with E-state index < -0.39 is 11.8 Å². The molecule has 4 rings (SSSR count). The van der Waals surface area contributed by atoms with Crippen molar-refractivity contribution in [2.45, 2.75) is 65.6 Å². The van der Waals surface area contributed by atoms with Crippen LogP contribution >= 0.6 is 0 Å². The number of anilines is 1. The van der Waals surface area contributed by atoms with Crippen LogP contribution in [0.2, 0.25) is 0 Å². The van der Waals surface area contributed by atoms with Crippen molar-refractivity contribution < 1.29 is 19.0 Å². The zero-order chi connectivity index (χ0) is 28.6. The molecule has 4 nitrogen and oxygen atoms in total. The maximum absolute atomic E-state index is 13.4. The molecule has 208 valence electrons. The Morgan fingerprint density at radius 3 is 2.17 bits per heavy atom. The summed E-state index contributed by atoms with van der Waals surface area (Å²) in [4.78, 5) is 13.8. The largest absolute Gasteiger partial charge is 0.488 e. The highest BCUT2D eigenvalue weighted by molar-refractivity contribution is 5.90. The number of carboxylic acid groups (broad SMARTS) is 1. The summed E-state index contributed by atoms with van der Waals surface area (Å²) in [6.45, 7) is 9.95. The van der Waals surface area contributed by atoms with Crippen LogP contribution in [0, 0.1) is 5.82 Å². The van der Waals surface area contributed by atoms with Gasteiger partial charge in [-0.05, 0) is 96.8 Å². The normalized spacial score (nSPS) is 11.2. The third-order valence-electron chi connectivity index (χ3n) is 7.44. The first-order valence-corrected chi connectivity index (χ1v) is 14.0. The number of hydrogen-bond donors (Lipinski definition) is 1. The first kappa shape index (κ1) is 28.9. The van der Waals surface area contributed by atoms with Gasteiger partial charge >= 0.3 is 5.97 Å². The van der Waals surface area contributed by atoms with Crippen LogP contribution in [-0.2, 0) is 13.2 Å². The van der Waals surface area contributed by atoms with Gasteiger partial charge in [0, 0.05) is 18.3 Å². The molecular formula is C35H38FNO3. The maximum Gasteiger partial charge on any atom is 0.339 e. The van der Waals surface area contributed by atoms with Gasteiger partial charge in [0.05, 0.1) is 0 Å². The minimum atomic E-state index is -1.22. The van der Waals surface area contributed by atoms with Crippen LogP contribution in [0.3, 0.4) is 0 Å². The van der Waals surface area contributed by atoms with Crippen molar-refractivity contribution in [3.05, 3.63) is 119 Å². The van der Waals surface area contributed by atoms with Crippen molar-refractivity contribution in [3.63, 3.8) is 0 Å². The van der Waals surface area contributed by atoms with Crippen LogP contribution in [0.4, 0.5) is 10.1 Å². The fourth-order valence-electron chi connectivity index (χ4n) is 5.07. The lowest BCUT2D eigenvalue weighted by Gasteiger charge is -2.30. The van der Waals surface area contributed by atoms with Gasteiger partial charge in [-0.1, -0.05) is 68.4 Å². The van der Waals surface area contributed by atoms with Crippen LogP contribution in [0.25, 0.3) is 11.1 Å². The summed E-state index contributed by atoms with van der Waals surface area (Å²) in [5, 5.41) is 9.32. The van der Waals surface area contributed by atoms with E-state index in [1.165, 1.54) is 28.9 Å². The number of benzene rings is 4. The average Bonchev–Trinajstić information content (AvgIpc) is 2.96. The monoisotopic (exact) mass is 539 g/mol. The van der Waals surface area contributed by atoms with Crippen molar-refractivity contribution in [2.24, 2.45) is 0 Å². The van der Waals surface area contributed by atoms with E-state index >= 15 is 0 Å². The number of rotatable bonds is 12. The second kappa shape index (κ2) is 13.3. The first-order valence-electron chi connectivity index (χ1n) is 14.0. The molecular weight excluding hydrogens is 501 g/mol. The lowest BCUT2D eigenvalue weighted by atomic mass is 9.94. The highest BCUT2D eigenvalue weighted by atomic mass is 19.1. The standard InChI is InChI=1S/C35H38FNO3/c1-5-27(6-2)28-14-17-32(18-15-28)37(24(3)4)22-26-8-7-9-30(20-26)29-12-10-25(11-13-29)23-40-34-19-16-31(36)21-33(34)35(38)39/h7-21,24,27H,5-6,22-23H2,1-4H3,(H,38,39). The van der Waals surface area contributed by atoms with E-state index in [4.69, 9.17) is 4.74 Å². The lowest BCUT2D eigenvalue weighted by Crippen LogP contribution is -2.30. The van der Waals surface area contributed by atoms with Crippen molar-refractivity contribution in [3.8, 4) is 16.9 Å². The summed E-state index contributed by atoms with van der Waals surface area (Å²) in [6, 6.07) is 29.5. The zero-order valence-corrected chi connectivity index (χ0v) is 23.7. The Bertz CT molecular complexity index is 1410. The molecule has 40 heavy (non-hydrogen) atoms. The van der Waals surface area contributed by atoms with E-state index in [1.807, 2.05) is 24.3 Å². The first-order chi connectivity index (χ1) is 19.3. The molecule has 1 N–H and O–H groups in total. The van der Waals surface area contributed by atoms with Crippen LogP contribution in [0.1, 0.15) is 73.5 Å². The quantitative estimate of drug-likeness (QED) is 0.195. The van der Waals surface area contributed by atoms with E-state index in [0.29, 0.717) is 12.0 Å². The predicted octanol–water partition coefficient (Wildman–Crippen LogP) is 9.09. The second-order valence-electron chi connectivity index (χ2n) is 10.5. The zero-order valence-electron chi connectivity index (χ0n) is 23.7. The van der Waals surface area contributed by atoms with Crippen molar-refractivity contribution in [2.75, 3.05) is 4.90 Å². The molecule has 0 spiro atoms. The summed E-state index contributed by atoms with van der Waals surface area (Å²) in [7, 11) is 0. The Balaban J connectivity index is 1.46. The summed E-state index contributed by atoms with van der Waals surface area (Å²) in [6.07, 6.45) is 2.31. The molecule has 0 bridgehead atoms. The fourth-order valence-corrected chi connectivity index (χ4v) is 5.07. The Kier molecular flexibility index (Phi) is 9.60. The maximum atomic E-state index is 13.4. The van der Waals surface area contributed by atoms with Crippen molar-refractivity contribution in [1.29, 1.82) is 0 Å². The number of carbonyl (C=O) groups is 1. The summed E-state index contributed by atoms with van der Waals surface area (Å²) >= 11 is 0. The van der Waals surface area contributed by atoms with Gasteiger partial charge in [-0.2, -0.15) is 0 Å². The minimum absolute atomic E-state index is 0.144. The molecule has 0 aliphatic heterocycles. The van der Waals surface area contributed by atoms with Gasteiger partial charge in [-0.25, -0.2) is 9.18 Å².